The van der Waals surface area contributed by atoms with E-state index < -0.39 is 0 Å². The zero-order valence-electron chi connectivity index (χ0n) is 11.4. The van der Waals surface area contributed by atoms with Gasteiger partial charge in [-0.3, -0.25) is 0 Å². The maximum absolute atomic E-state index is 4.42. The summed E-state index contributed by atoms with van der Waals surface area (Å²) in [6.45, 7) is 4.41. The van der Waals surface area contributed by atoms with E-state index in [1.807, 2.05) is 18.2 Å². The molecule has 2 rings (SSSR count). The van der Waals surface area contributed by atoms with E-state index in [0.717, 1.165) is 23.3 Å². The molecule has 1 aromatic carbocycles. The Hall–Kier alpha value is -1.35. The average Bonchev–Trinajstić information content (AvgIpc) is 2.37. The zero-order chi connectivity index (χ0) is 13.7. The second-order valence-electron chi connectivity index (χ2n) is 5.34. The summed E-state index contributed by atoms with van der Waals surface area (Å²) in [5.41, 5.74) is 1.39. The summed E-state index contributed by atoms with van der Waals surface area (Å²) in [4.78, 5) is 4.42. The Morgan fingerprint density at radius 3 is 2.47 bits per heavy atom. The minimum absolute atomic E-state index is 0.0175. The zero-order valence-corrected chi connectivity index (χ0v) is 12.9. The van der Waals surface area contributed by atoms with Crippen LogP contribution >= 0.6 is 15.9 Å². The standard InChI is InChI=1S/C16H19BrN2/c1-16(2,12-11-13-7-4-3-5-8-13)19-15-10-6-9-14(17)18-15/h3-10H,11-12H2,1-2H3,(H,18,19). The van der Waals surface area contributed by atoms with Gasteiger partial charge in [-0.05, 0) is 60.3 Å². The number of nitrogens with one attached hydrogen (secondary N) is 1. The molecule has 100 valence electrons. The topological polar surface area (TPSA) is 24.9 Å². The highest BCUT2D eigenvalue weighted by Crippen LogP contribution is 2.20. The maximum Gasteiger partial charge on any atom is 0.127 e. The third-order valence-corrected chi connectivity index (χ3v) is 3.50. The second kappa shape index (κ2) is 6.20. The van der Waals surface area contributed by atoms with Crippen LogP contribution in [0.4, 0.5) is 5.82 Å². The molecule has 0 radical (unpaired) electrons. The summed E-state index contributed by atoms with van der Waals surface area (Å²) >= 11 is 3.39. The lowest BCUT2D eigenvalue weighted by Crippen LogP contribution is -2.31. The third kappa shape index (κ3) is 4.67. The summed E-state index contributed by atoms with van der Waals surface area (Å²) in [6.07, 6.45) is 2.13. The van der Waals surface area contributed by atoms with E-state index in [9.17, 15) is 0 Å². The predicted octanol–water partition coefficient (Wildman–Crippen LogP) is 4.67. The van der Waals surface area contributed by atoms with Gasteiger partial charge in [-0.2, -0.15) is 0 Å². The first-order valence-corrected chi connectivity index (χ1v) is 7.29. The number of anilines is 1. The molecule has 2 nitrogen and oxygen atoms in total. The first-order valence-electron chi connectivity index (χ1n) is 6.50. The van der Waals surface area contributed by atoms with E-state index in [0.29, 0.717) is 0 Å². The van der Waals surface area contributed by atoms with Crippen molar-refractivity contribution < 1.29 is 0 Å². The van der Waals surface area contributed by atoms with Crippen molar-refractivity contribution >= 4 is 21.7 Å². The minimum atomic E-state index is 0.0175. The van der Waals surface area contributed by atoms with Crippen molar-refractivity contribution in [3.63, 3.8) is 0 Å². The summed E-state index contributed by atoms with van der Waals surface area (Å²) in [5, 5.41) is 3.49. The van der Waals surface area contributed by atoms with Crippen LogP contribution in [0.2, 0.25) is 0 Å². The molecule has 0 saturated heterocycles. The number of hydrogen-bond donors (Lipinski definition) is 1. The van der Waals surface area contributed by atoms with Crippen molar-refractivity contribution in [2.24, 2.45) is 0 Å². The van der Waals surface area contributed by atoms with Gasteiger partial charge < -0.3 is 5.32 Å². The fourth-order valence-electron chi connectivity index (χ4n) is 1.99. The van der Waals surface area contributed by atoms with Gasteiger partial charge in [-0.25, -0.2) is 4.98 Å². The summed E-state index contributed by atoms with van der Waals surface area (Å²) in [7, 11) is 0. The predicted molar refractivity (Wildman–Crippen MR) is 84.4 cm³/mol. The number of rotatable bonds is 5. The van der Waals surface area contributed by atoms with Gasteiger partial charge in [0.15, 0.2) is 0 Å². The van der Waals surface area contributed by atoms with Crippen molar-refractivity contribution in [2.75, 3.05) is 5.32 Å². The number of aromatic nitrogens is 1. The molecular weight excluding hydrogens is 300 g/mol. The number of aryl methyl sites for hydroxylation is 1. The molecule has 0 aliphatic heterocycles. The van der Waals surface area contributed by atoms with Crippen molar-refractivity contribution in [1.29, 1.82) is 0 Å². The van der Waals surface area contributed by atoms with Crippen molar-refractivity contribution in [3.8, 4) is 0 Å². The molecule has 0 amide bonds. The molecule has 0 fully saturated rings. The molecule has 0 saturated carbocycles. The second-order valence-corrected chi connectivity index (χ2v) is 6.15. The van der Waals surface area contributed by atoms with Crippen LogP contribution in [0.5, 0.6) is 0 Å². The molecule has 0 aliphatic carbocycles. The van der Waals surface area contributed by atoms with Crippen LogP contribution in [-0.2, 0) is 6.42 Å². The van der Waals surface area contributed by atoms with Gasteiger partial charge in [-0.1, -0.05) is 36.4 Å². The molecule has 2 aromatic rings. The van der Waals surface area contributed by atoms with E-state index >= 15 is 0 Å². The van der Waals surface area contributed by atoms with Crippen LogP contribution < -0.4 is 5.32 Å². The number of halogens is 1. The monoisotopic (exact) mass is 318 g/mol. The first kappa shape index (κ1) is 14.1. The quantitative estimate of drug-likeness (QED) is 0.810. The Balaban J connectivity index is 1.95. The highest BCUT2D eigenvalue weighted by atomic mass is 79.9. The van der Waals surface area contributed by atoms with E-state index in [1.165, 1.54) is 5.56 Å². The van der Waals surface area contributed by atoms with Gasteiger partial charge in [0, 0.05) is 5.54 Å². The van der Waals surface area contributed by atoms with Crippen LogP contribution in [0.15, 0.2) is 53.1 Å². The Bertz CT molecular complexity index is 523. The first-order chi connectivity index (χ1) is 9.05. The molecule has 1 heterocycles. The molecule has 1 aromatic heterocycles. The normalized spacial score (nSPS) is 11.3. The van der Waals surface area contributed by atoms with E-state index in [4.69, 9.17) is 0 Å². The average molecular weight is 319 g/mol. The molecule has 1 N–H and O–H groups in total. The molecule has 0 bridgehead atoms. The number of hydrogen-bond acceptors (Lipinski definition) is 2. The molecule has 3 heteroatoms. The Kier molecular flexibility index (Phi) is 4.59. The van der Waals surface area contributed by atoms with Crippen LogP contribution in [0.25, 0.3) is 0 Å². The molecule has 19 heavy (non-hydrogen) atoms. The number of pyridine rings is 1. The van der Waals surface area contributed by atoms with E-state index in [2.05, 4.69) is 70.4 Å². The SMILES string of the molecule is CC(C)(CCc1ccccc1)Nc1cccc(Br)n1. The van der Waals surface area contributed by atoms with Crippen LogP contribution in [0.3, 0.4) is 0 Å². The summed E-state index contributed by atoms with van der Waals surface area (Å²) in [5.74, 6) is 0.910. The van der Waals surface area contributed by atoms with Gasteiger partial charge in [0.1, 0.15) is 10.4 Å². The largest absolute Gasteiger partial charge is 0.365 e. The number of benzene rings is 1. The summed E-state index contributed by atoms with van der Waals surface area (Å²) in [6, 6.07) is 16.5. The number of nitrogens with zero attached hydrogens (tertiary/aromatic N) is 1. The van der Waals surface area contributed by atoms with Crippen molar-refractivity contribution in [2.45, 2.75) is 32.2 Å². The van der Waals surface area contributed by atoms with Gasteiger partial charge in [0.25, 0.3) is 0 Å². The Labute approximate surface area is 123 Å². The molecule has 0 unspecified atom stereocenters. The van der Waals surface area contributed by atoms with Gasteiger partial charge in [-0.15, -0.1) is 0 Å². The highest BCUT2D eigenvalue weighted by molar-refractivity contribution is 9.10. The lowest BCUT2D eigenvalue weighted by molar-refractivity contribution is 0.516. The molecular formula is C16H19BrN2. The van der Waals surface area contributed by atoms with Crippen LogP contribution in [-0.4, -0.2) is 10.5 Å². The molecule has 0 atom stereocenters. The van der Waals surface area contributed by atoms with Gasteiger partial charge >= 0.3 is 0 Å². The van der Waals surface area contributed by atoms with Crippen molar-refractivity contribution in [3.05, 3.63) is 58.7 Å². The van der Waals surface area contributed by atoms with E-state index in [1.54, 1.807) is 0 Å². The Morgan fingerprint density at radius 1 is 1.05 bits per heavy atom. The van der Waals surface area contributed by atoms with Gasteiger partial charge in [0.05, 0.1) is 0 Å². The minimum Gasteiger partial charge on any atom is -0.365 e. The van der Waals surface area contributed by atoms with Crippen LogP contribution in [0, 0.1) is 0 Å². The fourth-order valence-corrected chi connectivity index (χ4v) is 2.33. The molecule has 0 spiro atoms. The maximum atomic E-state index is 4.42. The lowest BCUT2D eigenvalue weighted by Gasteiger charge is -2.27. The fraction of sp³-hybridized carbons (Fsp3) is 0.312. The van der Waals surface area contributed by atoms with Crippen LogP contribution in [0.1, 0.15) is 25.8 Å². The highest BCUT2D eigenvalue weighted by Gasteiger charge is 2.17. The Morgan fingerprint density at radius 2 is 1.79 bits per heavy atom. The smallest absolute Gasteiger partial charge is 0.127 e. The van der Waals surface area contributed by atoms with Crippen molar-refractivity contribution in [1.82, 2.24) is 4.98 Å². The van der Waals surface area contributed by atoms with Gasteiger partial charge in [0.2, 0.25) is 0 Å². The lowest BCUT2D eigenvalue weighted by atomic mass is 9.95. The molecule has 0 aliphatic rings. The van der Waals surface area contributed by atoms with E-state index in [-0.39, 0.29) is 5.54 Å². The summed E-state index contributed by atoms with van der Waals surface area (Å²) < 4.78 is 0.858. The third-order valence-electron chi connectivity index (χ3n) is 3.06.